The molecule has 0 atom stereocenters. The Labute approximate surface area is 118 Å². The van der Waals surface area contributed by atoms with Gasteiger partial charge in [-0.15, -0.1) is 0 Å². The Kier molecular flexibility index (Phi) is 3.73. The van der Waals surface area contributed by atoms with Crippen molar-refractivity contribution in [3.8, 4) is 11.5 Å². The highest BCUT2D eigenvalue weighted by atomic mass is 16.5. The number of benzene rings is 2. The normalized spacial score (nSPS) is 13.4. The zero-order valence-corrected chi connectivity index (χ0v) is 11.1. The van der Waals surface area contributed by atoms with Crippen LogP contribution in [0.4, 0.5) is 0 Å². The summed E-state index contributed by atoms with van der Waals surface area (Å²) >= 11 is 0. The maximum atomic E-state index is 9.68. The molecule has 1 aliphatic heterocycles. The Hall–Kier alpha value is -1.82. The molecule has 0 aromatic heterocycles. The van der Waals surface area contributed by atoms with Crippen molar-refractivity contribution in [2.24, 2.45) is 5.73 Å². The summed E-state index contributed by atoms with van der Waals surface area (Å²) in [5.41, 5.74) is 8.50. The summed E-state index contributed by atoms with van der Waals surface area (Å²) < 4.78 is 10.9. The van der Waals surface area contributed by atoms with Gasteiger partial charge in [-0.3, -0.25) is 0 Å². The van der Waals surface area contributed by atoms with Gasteiger partial charge in [-0.2, -0.15) is 0 Å². The molecule has 0 bridgehead atoms. The Morgan fingerprint density at radius 2 is 1.90 bits per heavy atom. The quantitative estimate of drug-likeness (QED) is 0.818. The van der Waals surface area contributed by atoms with Gasteiger partial charge in [0.05, 0.1) is 6.61 Å². The number of rotatable bonds is 4. The predicted octanol–water partition coefficient (Wildman–Crippen LogP) is 1.20. The minimum absolute atomic E-state index is 0.449. The first kappa shape index (κ1) is 13.2. The van der Waals surface area contributed by atoms with Crippen LogP contribution in [-0.4, -0.2) is 18.7 Å². The van der Waals surface area contributed by atoms with Crippen molar-refractivity contribution in [3.05, 3.63) is 53.6 Å². The monoisotopic (exact) mass is 269 g/mol. The van der Waals surface area contributed by atoms with Crippen LogP contribution >= 0.6 is 0 Å². The highest BCUT2D eigenvalue weighted by molar-refractivity contribution is 6.61. The van der Waals surface area contributed by atoms with E-state index in [-0.39, 0.29) is 0 Å². The predicted molar refractivity (Wildman–Crippen MR) is 78.1 cm³/mol. The van der Waals surface area contributed by atoms with E-state index in [1.54, 1.807) is 0 Å². The lowest BCUT2D eigenvalue weighted by Gasteiger charge is -2.08. The van der Waals surface area contributed by atoms with E-state index >= 15 is 0 Å². The first-order chi connectivity index (χ1) is 9.76. The molecular weight excluding hydrogens is 253 g/mol. The van der Waals surface area contributed by atoms with Crippen molar-refractivity contribution in [1.82, 2.24) is 0 Å². The molecule has 0 radical (unpaired) electrons. The van der Waals surface area contributed by atoms with E-state index in [0.717, 1.165) is 23.2 Å². The van der Waals surface area contributed by atoms with E-state index in [4.69, 9.17) is 15.1 Å². The molecule has 5 heteroatoms. The molecule has 0 aliphatic carbocycles. The number of hydrogen-bond acceptors (Lipinski definition) is 4. The van der Waals surface area contributed by atoms with E-state index in [0.29, 0.717) is 18.9 Å². The van der Waals surface area contributed by atoms with Crippen molar-refractivity contribution in [1.29, 1.82) is 0 Å². The molecule has 0 spiro atoms. The average Bonchev–Trinajstić information content (AvgIpc) is 2.83. The number of fused-ring (bicyclic) bond motifs is 1. The third-order valence-corrected chi connectivity index (χ3v) is 3.37. The molecule has 0 saturated carbocycles. The summed E-state index contributed by atoms with van der Waals surface area (Å²) in [6.07, 6.45) is 0.864. The fraction of sp³-hybridized carbons (Fsp3) is 0.200. The Morgan fingerprint density at radius 1 is 1.15 bits per heavy atom. The molecule has 0 unspecified atom stereocenters. The zero-order valence-electron chi connectivity index (χ0n) is 11.1. The van der Waals surface area contributed by atoms with Gasteiger partial charge in [-0.05, 0) is 53.8 Å². The van der Waals surface area contributed by atoms with Gasteiger partial charge in [0.2, 0.25) is 0 Å². The van der Waals surface area contributed by atoms with E-state index in [1.807, 2.05) is 42.5 Å². The third-order valence-electron chi connectivity index (χ3n) is 3.37. The molecule has 0 amide bonds. The van der Waals surface area contributed by atoms with E-state index in [2.05, 4.69) is 0 Å². The van der Waals surface area contributed by atoms with E-state index in [1.165, 1.54) is 5.56 Å². The lowest BCUT2D eigenvalue weighted by molar-refractivity contribution is 0.275. The van der Waals surface area contributed by atoms with E-state index < -0.39 is 7.12 Å². The molecule has 3 rings (SSSR count). The minimum Gasteiger partial charge on any atom is -0.457 e. The van der Waals surface area contributed by atoms with Crippen LogP contribution in [0.2, 0.25) is 0 Å². The second-order valence-electron chi connectivity index (χ2n) is 4.81. The maximum Gasteiger partial charge on any atom is 0.491 e. The van der Waals surface area contributed by atoms with Crippen molar-refractivity contribution in [3.63, 3.8) is 0 Å². The average molecular weight is 269 g/mol. The molecule has 0 saturated heterocycles. The van der Waals surface area contributed by atoms with Crippen LogP contribution in [0.25, 0.3) is 0 Å². The van der Waals surface area contributed by atoms with Gasteiger partial charge in [0.1, 0.15) is 11.5 Å². The van der Waals surface area contributed by atoms with Crippen LogP contribution in [0.5, 0.6) is 11.5 Å². The van der Waals surface area contributed by atoms with Gasteiger partial charge in [-0.25, -0.2) is 0 Å². The molecule has 0 fully saturated rings. The molecule has 2 aromatic carbocycles. The van der Waals surface area contributed by atoms with Crippen molar-refractivity contribution >= 4 is 12.6 Å². The van der Waals surface area contributed by atoms with Crippen LogP contribution < -0.4 is 15.9 Å². The molecule has 3 N–H and O–H groups in total. The topological polar surface area (TPSA) is 64.7 Å². The summed E-state index contributed by atoms with van der Waals surface area (Å²) in [4.78, 5) is 0. The fourth-order valence-electron chi connectivity index (χ4n) is 2.28. The van der Waals surface area contributed by atoms with Crippen LogP contribution in [0, 0.1) is 0 Å². The molecule has 1 aliphatic rings. The van der Waals surface area contributed by atoms with Gasteiger partial charge < -0.3 is 20.1 Å². The molecule has 20 heavy (non-hydrogen) atoms. The van der Waals surface area contributed by atoms with Gasteiger partial charge in [0.25, 0.3) is 0 Å². The second-order valence-corrected chi connectivity index (χ2v) is 4.81. The second kappa shape index (κ2) is 5.67. The Bertz CT molecular complexity index is 601. The largest absolute Gasteiger partial charge is 0.491 e. The Morgan fingerprint density at radius 3 is 2.65 bits per heavy atom. The number of ether oxygens (including phenoxy) is 1. The van der Waals surface area contributed by atoms with Crippen LogP contribution in [-0.2, 0) is 17.7 Å². The highest BCUT2D eigenvalue weighted by Gasteiger charge is 2.27. The first-order valence-electron chi connectivity index (χ1n) is 6.65. The maximum absolute atomic E-state index is 9.68. The summed E-state index contributed by atoms with van der Waals surface area (Å²) in [6.45, 7) is 1.09. The van der Waals surface area contributed by atoms with E-state index in [9.17, 15) is 5.02 Å². The number of nitrogens with two attached hydrogens (primary N) is 1. The zero-order chi connectivity index (χ0) is 13.9. The first-order valence-corrected chi connectivity index (χ1v) is 6.65. The number of hydrogen-bond donors (Lipinski definition) is 2. The molecule has 4 nitrogen and oxygen atoms in total. The Balaban J connectivity index is 1.76. The molecule has 2 aromatic rings. The van der Waals surface area contributed by atoms with Crippen LogP contribution in [0.1, 0.15) is 11.1 Å². The minimum atomic E-state index is -0.847. The lowest BCUT2D eigenvalue weighted by Crippen LogP contribution is -2.27. The summed E-state index contributed by atoms with van der Waals surface area (Å²) in [5.74, 6) is 1.46. The van der Waals surface area contributed by atoms with Crippen molar-refractivity contribution < 1.29 is 14.4 Å². The smallest absolute Gasteiger partial charge is 0.457 e. The van der Waals surface area contributed by atoms with Gasteiger partial charge in [0, 0.05) is 0 Å². The van der Waals surface area contributed by atoms with Crippen molar-refractivity contribution in [2.45, 2.75) is 13.0 Å². The molecular formula is C15H16BNO3. The lowest BCUT2D eigenvalue weighted by atomic mass is 9.79. The third kappa shape index (κ3) is 2.70. The summed E-state index contributed by atoms with van der Waals surface area (Å²) in [5, 5.41) is 9.68. The van der Waals surface area contributed by atoms with Gasteiger partial charge in [-0.1, -0.05) is 18.2 Å². The fourth-order valence-corrected chi connectivity index (χ4v) is 2.28. The summed E-state index contributed by atoms with van der Waals surface area (Å²) in [6, 6.07) is 13.5. The summed E-state index contributed by atoms with van der Waals surface area (Å²) in [7, 11) is -0.847. The van der Waals surface area contributed by atoms with Crippen molar-refractivity contribution in [2.75, 3.05) is 6.54 Å². The molecule has 1 heterocycles. The van der Waals surface area contributed by atoms with Gasteiger partial charge >= 0.3 is 7.12 Å². The highest BCUT2D eigenvalue weighted by Crippen LogP contribution is 2.23. The van der Waals surface area contributed by atoms with Crippen LogP contribution in [0.3, 0.4) is 0 Å². The van der Waals surface area contributed by atoms with Crippen LogP contribution in [0.15, 0.2) is 42.5 Å². The molecule has 102 valence electrons. The standard InChI is InChI=1S/C15H16BNO3/c17-8-7-11-1-4-13(5-2-11)20-14-6-3-12-10-19-16(18)15(12)9-14/h1-6,9,18H,7-8,10,17H2. The van der Waals surface area contributed by atoms with Gasteiger partial charge in [0.15, 0.2) is 0 Å². The SMILES string of the molecule is NCCc1ccc(Oc2ccc3c(c2)B(O)OC3)cc1.